The van der Waals surface area contributed by atoms with Gasteiger partial charge in [-0.05, 0) is 35.9 Å². The highest BCUT2D eigenvalue weighted by molar-refractivity contribution is 5.90. The number of aromatic nitrogens is 1. The zero-order valence-corrected chi connectivity index (χ0v) is 15.7. The van der Waals surface area contributed by atoms with E-state index in [0.29, 0.717) is 18.9 Å². The number of carbonyl (C=O) groups excluding carboxylic acids is 2. The number of benzene rings is 2. The lowest BCUT2D eigenvalue weighted by molar-refractivity contribution is -0.125. The maximum Gasteiger partial charge on any atom is 0.239 e. The van der Waals surface area contributed by atoms with E-state index in [9.17, 15) is 9.59 Å². The first-order chi connectivity index (χ1) is 13.7. The Morgan fingerprint density at radius 2 is 1.71 bits per heavy atom. The molecule has 0 bridgehead atoms. The summed E-state index contributed by atoms with van der Waals surface area (Å²) < 4.78 is 10.6. The first-order valence-electron chi connectivity index (χ1n) is 9.01. The lowest BCUT2D eigenvalue weighted by Gasteiger charge is -2.09. The van der Waals surface area contributed by atoms with E-state index in [-0.39, 0.29) is 24.8 Å². The lowest BCUT2D eigenvalue weighted by Crippen LogP contribution is -2.39. The topological polar surface area (TPSA) is 92.4 Å². The van der Waals surface area contributed by atoms with Crippen molar-refractivity contribution >= 4 is 22.7 Å². The molecule has 0 saturated carbocycles. The molecule has 0 aliphatic rings. The molecular weight excluding hydrogens is 358 g/mol. The number of amides is 2. The first kappa shape index (κ1) is 19.3. The molecule has 2 aromatic carbocycles. The number of methoxy groups -OCH3 is 1. The van der Waals surface area contributed by atoms with Gasteiger partial charge in [-0.2, -0.15) is 0 Å². The van der Waals surface area contributed by atoms with Gasteiger partial charge in [0.1, 0.15) is 18.1 Å². The number of ether oxygens (including phenoxy) is 2. The van der Waals surface area contributed by atoms with Crippen LogP contribution in [0.2, 0.25) is 0 Å². The number of H-pyrrole nitrogens is 1. The van der Waals surface area contributed by atoms with Gasteiger partial charge in [-0.25, -0.2) is 0 Å². The summed E-state index contributed by atoms with van der Waals surface area (Å²) in [7, 11) is 1.60. The molecule has 3 N–H and O–H groups in total. The molecule has 28 heavy (non-hydrogen) atoms. The molecule has 3 aromatic rings. The summed E-state index contributed by atoms with van der Waals surface area (Å²) in [4.78, 5) is 27.1. The third-order valence-electron chi connectivity index (χ3n) is 4.22. The molecule has 0 spiro atoms. The summed E-state index contributed by atoms with van der Waals surface area (Å²) in [6.45, 7) is 0.619. The summed E-state index contributed by atoms with van der Waals surface area (Å²) in [5, 5.41) is 6.36. The Morgan fingerprint density at radius 3 is 2.50 bits per heavy atom. The Balaban J connectivity index is 1.34. The van der Waals surface area contributed by atoms with Crippen LogP contribution in [-0.4, -0.2) is 43.6 Å². The Hall–Kier alpha value is -3.48. The minimum atomic E-state index is -0.259. The van der Waals surface area contributed by atoms with Gasteiger partial charge in [-0.15, -0.1) is 0 Å². The van der Waals surface area contributed by atoms with Crippen LogP contribution in [0.5, 0.6) is 11.5 Å². The molecule has 1 heterocycles. The number of nitrogens with one attached hydrogen (secondary N) is 3. The molecule has 3 rings (SSSR count). The van der Waals surface area contributed by atoms with Crippen molar-refractivity contribution < 1.29 is 19.1 Å². The largest absolute Gasteiger partial charge is 0.497 e. The van der Waals surface area contributed by atoms with E-state index >= 15 is 0 Å². The van der Waals surface area contributed by atoms with Gasteiger partial charge in [0.15, 0.2) is 0 Å². The highest BCUT2D eigenvalue weighted by Gasteiger charge is 2.10. The maximum absolute atomic E-state index is 12.1. The molecule has 2 amide bonds. The number of carbonyl (C=O) groups is 2. The Kier molecular flexibility index (Phi) is 6.51. The predicted octanol–water partition coefficient (Wildman–Crippen LogP) is 2.03. The molecule has 7 nitrogen and oxygen atoms in total. The number of rotatable bonds is 9. The third kappa shape index (κ3) is 5.26. The van der Waals surface area contributed by atoms with Gasteiger partial charge in [0, 0.05) is 17.1 Å². The summed E-state index contributed by atoms with van der Waals surface area (Å²) in [5.74, 6) is 0.992. The fourth-order valence-corrected chi connectivity index (χ4v) is 2.79. The van der Waals surface area contributed by atoms with Crippen LogP contribution in [0.15, 0.2) is 54.7 Å². The minimum Gasteiger partial charge on any atom is -0.497 e. The van der Waals surface area contributed by atoms with Crippen LogP contribution in [0, 0.1) is 0 Å². The number of hydrogen-bond acceptors (Lipinski definition) is 4. The number of fused-ring (bicyclic) bond motifs is 1. The molecule has 7 heteroatoms. The van der Waals surface area contributed by atoms with Gasteiger partial charge in [-0.3, -0.25) is 9.59 Å². The fraction of sp³-hybridized carbons (Fsp3) is 0.238. The van der Waals surface area contributed by atoms with Crippen molar-refractivity contribution in [2.75, 3.05) is 26.8 Å². The van der Waals surface area contributed by atoms with Gasteiger partial charge in [0.05, 0.1) is 26.6 Å². The molecule has 0 aliphatic carbocycles. The molecule has 0 fully saturated rings. The molecule has 0 saturated heterocycles. The smallest absolute Gasteiger partial charge is 0.239 e. The molecular formula is C21H23N3O4. The Morgan fingerprint density at radius 1 is 0.964 bits per heavy atom. The molecule has 146 valence electrons. The van der Waals surface area contributed by atoms with Crippen molar-refractivity contribution in [1.29, 1.82) is 0 Å². The average molecular weight is 381 g/mol. The number of para-hydroxylation sites is 1. The second kappa shape index (κ2) is 9.45. The van der Waals surface area contributed by atoms with E-state index in [4.69, 9.17) is 9.47 Å². The van der Waals surface area contributed by atoms with Crippen LogP contribution in [0.25, 0.3) is 10.9 Å². The van der Waals surface area contributed by atoms with E-state index in [1.165, 1.54) is 0 Å². The van der Waals surface area contributed by atoms with Crippen LogP contribution in [0.3, 0.4) is 0 Å². The van der Waals surface area contributed by atoms with Crippen molar-refractivity contribution in [2.24, 2.45) is 0 Å². The van der Waals surface area contributed by atoms with Crippen molar-refractivity contribution in [3.63, 3.8) is 0 Å². The second-order valence-electron chi connectivity index (χ2n) is 6.19. The summed E-state index contributed by atoms with van der Waals surface area (Å²) in [5.41, 5.74) is 1.89. The van der Waals surface area contributed by atoms with Crippen LogP contribution in [0.4, 0.5) is 0 Å². The van der Waals surface area contributed by atoms with E-state index < -0.39 is 0 Å². The normalized spacial score (nSPS) is 10.5. The zero-order chi connectivity index (χ0) is 19.8. The fourth-order valence-electron chi connectivity index (χ4n) is 2.79. The van der Waals surface area contributed by atoms with Crippen LogP contribution < -0.4 is 20.1 Å². The highest BCUT2D eigenvalue weighted by Crippen LogP contribution is 2.18. The van der Waals surface area contributed by atoms with Crippen LogP contribution >= 0.6 is 0 Å². The van der Waals surface area contributed by atoms with Gasteiger partial charge in [-0.1, -0.05) is 18.2 Å². The van der Waals surface area contributed by atoms with Gasteiger partial charge in [0.25, 0.3) is 0 Å². The third-order valence-corrected chi connectivity index (χ3v) is 4.22. The highest BCUT2D eigenvalue weighted by atomic mass is 16.5. The van der Waals surface area contributed by atoms with Crippen LogP contribution in [0.1, 0.15) is 5.56 Å². The number of hydrogen-bond donors (Lipinski definition) is 3. The molecule has 0 aliphatic heterocycles. The van der Waals surface area contributed by atoms with E-state index in [1.807, 2.05) is 30.5 Å². The van der Waals surface area contributed by atoms with E-state index in [2.05, 4.69) is 15.6 Å². The molecule has 0 radical (unpaired) electrons. The monoisotopic (exact) mass is 381 g/mol. The van der Waals surface area contributed by atoms with Gasteiger partial charge in [0.2, 0.25) is 11.8 Å². The summed E-state index contributed by atoms with van der Waals surface area (Å²) >= 11 is 0. The molecule has 0 unspecified atom stereocenters. The molecule has 1 aromatic heterocycles. The summed E-state index contributed by atoms with van der Waals surface area (Å²) in [6.07, 6.45) is 2.04. The Labute approximate surface area is 163 Å². The number of aromatic amines is 1. The van der Waals surface area contributed by atoms with Gasteiger partial charge < -0.3 is 25.1 Å². The standard InChI is InChI=1S/C21H23N3O4/c1-27-16-6-8-17(9-7-16)28-11-10-22-21(26)14-24-20(25)12-15-13-23-19-5-3-2-4-18(15)19/h2-9,13,23H,10-12,14H2,1H3,(H,22,26)(H,24,25). The minimum absolute atomic E-state index is 0.0657. The van der Waals surface area contributed by atoms with Gasteiger partial charge >= 0.3 is 0 Å². The lowest BCUT2D eigenvalue weighted by atomic mass is 10.1. The quantitative estimate of drug-likeness (QED) is 0.495. The van der Waals surface area contributed by atoms with Crippen molar-refractivity contribution in [3.8, 4) is 11.5 Å². The zero-order valence-electron chi connectivity index (χ0n) is 15.7. The average Bonchev–Trinajstić information content (AvgIpc) is 3.13. The van der Waals surface area contributed by atoms with E-state index in [1.54, 1.807) is 31.4 Å². The Bertz CT molecular complexity index is 934. The predicted molar refractivity (Wildman–Crippen MR) is 107 cm³/mol. The van der Waals surface area contributed by atoms with Crippen molar-refractivity contribution in [3.05, 3.63) is 60.3 Å². The van der Waals surface area contributed by atoms with Crippen LogP contribution in [-0.2, 0) is 16.0 Å². The van der Waals surface area contributed by atoms with Crippen molar-refractivity contribution in [2.45, 2.75) is 6.42 Å². The SMILES string of the molecule is COc1ccc(OCCNC(=O)CNC(=O)Cc2c[nH]c3ccccc23)cc1. The maximum atomic E-state index is 12.1. The first-order valence-corrected chi connectivity index (χ1v) is 9.01. The van der Waals surface area contributed by atoms with E-state index in [0.717, 1.165) is 22.2 Å². The second-order valence-corrected chi connectivity index (χ2v) is 6.19. The molecule has 0 atom stereocenters. The van der Waals surface area contributed by atoms with Crippen molar-refractivity contribution in [1.82, 2.24) is 15.6 Å². The summed E-state index contributed by atoms with van der Waals surface area (Å²) in [6, 6.07) is 15.0.